The van der Waals surface area contributed by atoms with Crippen molar-refractivity contribution in [3.05, 3.63) is 60.2 Å². The molecule has 0 amide bonds. The van der Waals surface area contributed by atoms with E-state index in [4.69, 9.17) is 4.74 Å². The monoisotopic (exact) mass is 343 g/mol. The summed E-state index contributed by atoms with van der Waals surface area (Å²) in [7, 11) is 0. The fourth-order valence-electron chi connectivity index (χ4n) is 3.20. The fraction of sp³-hybridized carbons (Fsp3) is 0.278. The van der Waals surface area contributed by atoms with E-state index in [2.05, 4.69) is 33.3 Å². The van der Waals surface area contributed by atoms with Crippen LogP contribution in [0.4, 0.5) is 10.1 Å². The molecule has 3 aromatic rings. The van der Waals surface area contributed by atoms with Crippen LogP contribution in [0.5, 0.6) is 0 Å². The third-order valence-electron chi connectivity index (χ3n) is 4.41. The van der Waals surface area contributed by atoms with Gasteiger partial charge in [0.15, 0.2) is 0 Å². The van der Waals surface area contributed by atoms with E-state index in [1.54, 1.807) is 18.1 Å². The first-order valence-corrected chi connectivity index (χ1v) is 9.12. The smallest absolute Gasteiger partial charge is 0.123 e. The summed E-state index contributed by atoms with van der Waals surface area (Å²) in [5.74, 6) is -0.220. The van der Waals surface area contributed by atoms with E-state index in [1.807, 2.05) is 18.2 Å². The first-order chi connectivity index (χ1) is 11.8. The van der Waals surface area contributed by atoms with Crippen LogP contribution < -0.4 is 4.90 Å². The molecule has 4 rings (SSSR count). The first-order valence-electron chi connectivity index (χ1n) is 7.84. The normalized spacial score (nSPS) is 21.3. The van der Waals surface area contributed by atoms with Gasteiger partial charge in [0.2, 0.25) is 0 Å². The summed E-state index contributed by atoms with van der Waals surface area (Å²) in [4.78, 5) is 9.82. The second-order valence-electron chi connectivity index (χ2n) is 5.81. The molecule has 1 aliphatic heterocycles. The number of rotatable bonds is 3. The Hall–Kier alpha value is -2.05. The largest absolute Gasteiger partial charge is 0.376 e. The Morgan fingerprint density at radius 2 is 2.04 bits per heavy atom. The minimum atomic E-state index is -0.220. The average molecular weight is 343 g/mol. The van der Waals surface area contributed by atoms with E-state index in [0.717, 1.165) is 22.3 Å². The summed E-state index contributed by atoms with van der Waals surface area (Å²) in [5.41, 5.74) is 4.13. The molecule has 124 valence electrons. The number of nitrogens with one attached hydrogen (secondary N) is 1. The fourth-order valence-corrected chi connectivity index (χ4v) is 3.92. The van der Waals surface area contributed by atoms with Gasteiger partial charge in [-0.05, 0) is 42.2 Å². The van der Waals surface area contributed by atoms with Crippen LogP contribution >= 0.6 is 11.8 Å². The Morgan fingerprint density at radius 3 is 2.83 bits per heavy atom. The van der Waals surface area contributed by atoms with Gasteiger partial charge in [0.1, 0.15) is 5.82 Å². The third kappa shape index (κ3) is 2.76. The van der Waals surface area contributed by atoms with E-state index in [9.17, 15) is 4.39 Å². The summed E-state index contributed by atoms with van der Waals surface area (Å²) in [6.45, 7) is 1.25. The van der Waals surface area contributed by atoms with Gasteiger partial charge < -0.3 is 14.6 Å². The first kappa shape index (κ1) is 15.5. The second-order valence-corrected chi connectivity index (χ2v) is 6.82. The van der Waals surface area contributed by atoms with Crippen molar-refractivity contribution < 1.29 is 9.13 Å². The maximum atomic E-state index is 13.3. The lowest BCUT2D eigenvalue weighted by Gasteiger charge is -2.43. The molecule has 0 aliphatic carbocycles. The number of nitrogens with zero attached hydrogens (tertiary/aromatic N) is 2. The van der Waals surface area contributed by atoms with Gasteiger partial charge in [0, 0.05) is 5.69 Å². The number of morpholine rings is 1. The van der Waals surface area contributed by atoms with Crippen molar-refractivity contribution >= 4 is 28.5 Å². The van der Waals surface area contributed by atoms with Crippen LogP contribution in [0, 0.1) is 5.82 Å². The molecule has 4 nitrogen and oxygen atoms in total. The van der Waals surface area contributed by atoms with Crippen LogP contribution in [0.25, 0.3) is 11.0 Å². The highest BCUT2D eigenvalue weighted by atomic mass is 32.2. The SMILES string of the molecule is CSC1COCC(c2ccc(F)cc2)N1c1ccc2nc[nH]c2c1. The number of fused-ring (bicyclic) bond motifs is 1. The summed E-state index contributed by atoms with van der Waals surface area (Å²) >= 11 is 1.76. The zero-order valence-corrected chi connectivity index (χ0v) is 14.1. The molecule has 0 spiro atoms. The van der Waals surface area contributed by atoms with Crippen LogP contribution in [0.2, 0.25) is 0 Å². The minimum Gasteiger partial charge on any atom is -0.376 e. The Bertz CT molecular complexity index is 836. The van der Waals surface area contributed by atoms with E-state index in [-0.39, 0.29) is 17.2 Å². The molecule has 2 atom stereocenters. The molecule has 1 saturated heterocycles. The van der Waals surface area contributed by atoms with E-state index >= 15 is 0 Å². The molecule has 1 fully saturated rings. The van der Waals surface area contributed by atoms with Crippen molar-refractivity contribution in [1.29, 1.82) is 0 Å². The number of H-pyrrole nitrogens is 1. The van der Waals surface area contributed by atoms with Crippen LogP contribution in [0.3, 0.4) is 0 Å². The molecule has 0 saturated carbocycles. The molecule has 0 bridgehead atoms. The number of ether oxygens (including phenoxy) is 1. The number of thioether (sulfide) groups is 1. The van der Waals surface area contributed by atoms with Gasteiger partial charge in [-0.2, -0.15) is 0 Å². The number of benzene rings is 2. The van der Waals surface area contributed by atoms with Gasteiger partial charge in [0.25, 0.3) is 0 Å². The standard InChI is InChI=1S/C18H18FN3OS/c1-24-18-10-23-9-17(12-2-4-13(19)5-3-12)22(18)14-6-7-15-16(8-14)21-11-20-15/h2-8,11,17-18H,9-10H2,1H3,(H,20,21). The molecule has 0 radical (unpaired) electrons. The lowest BCUT2D eigenvalue weighted by molar-refractivity contribution is 0.0865. The second kappa shape index (κ2) is 6.45. The highest BCUT2D eigenvalue weighted by Gasteiger charge is 2.32. The highest BCUT2D eigenvalue weighted by Crippen LogP contribution is 2.36. The van der Waals surface area contributed by atoms with Crippen molar-refractivity contribution in [3.8, 4) is 0 Å². The minimum absolute atomic E-state index is 0.0529. The maximum absolute atomic E-state index is 13.3. The average Bonchev–Trinajstić information content (AvgIpc) is 3.09. The van der Waals surface area contributed by atoms with Crippen LogP contribution in [-0.2, 0) is 4.74 Å². The lowest BCUT2D eigenvalue weighted by atomic mass is 10.0. The summed E-state index contributed by atoms with van der Waals surface area (Å²) in [5, 5.41) is 0.203. The Labute approximate surface area is 144 Å². The summed E-state index contributed by atoms with van der Waals surface area (Å²) < 4.78 is 19.1. The molecule has 1 aromatic heterocycles. The van der Waals surface area contributed by atoms with Crippen molar-refractivity contribution in [2.24, 2.45) is 0 Å². The number of imidazole rings is 1. The van der Waals surface area contributed by atoms with Crippen molar-refractivity contribution in [2.75, 3.05) is 24.4 Å². The van der Waals surface area contributed by atoms with Crippen molar-refractivity contribution in [1.82, 2.24) is 9.97 Å². The quantitative estimate of drug-likeness (QED) is 0.781. The van der Waals surface area contributed by atoms with Gasteiger partial charge in [-0.3, -0.25) is 0 Å². The highest BCUT2D eigenvalue weighted by molar-refractivity contribution is 7.99. The summed E-state index contributed by atoms with van der Waals surface area (Å²) in [6, 6.07) is 13.0. The van der Waals surface area contributed by atoms with Gasteiger partial charge in [0.05, 0.1) is 42.0 Å². The lowest BCUT2D eigenvalue weighted by Crippen LogP contribution is -2.46. The van der Waals surface area contributed by atoms with E-state index in [0.29, 0.717) is 13.2 Å². The Morgan fingerprint density at radius 1 is 1.21 bits per heavy atom. The van der Waals surface area contributed by atoms with Gasteiger partial charge in [-0.15, -0.1) is 11.8 Å². The zero-order valence-electron chi connectivity index (χ0n) is 13.3. The van der Waals surface area contributed by atoms with Crippen LogP contribution in [0.15, 0.2) is 48.8 Å². The van der Waals surface area contributed by atoms with Crippen molar-refractivity contribution in [3.63, 3.8) is 0 Å². The Kier molecular flexibility index (Phi) is 4.16. The van der Waals surface area contributed by atoms with Crippen molar-refractivity contribution in [2.45, 2.75) is 11.4 Å². The topological polar surface area (TPSA) is 41.1 Å². The zero-order chi connectivity index (χ0) is 16.5. The summed E-state index contributed by atoms with van der Waals surface area (Å²) in [6.07, 6.45) is 3.79. The molecule has 2 aromatic carbocycles. The number of hydrogen-bond acceptors (Lipinski definition) is 4. The number of anilines is 1. The number of aromatic amines is 1. The number of halogens is 1. The molecular formula is C18H18FN3OS. The predicted octanol–water partition coefficient (Wildman–Crippen LogP) is 3.97. The molecular weight excluding hydrogens is 325 g/mol. The van der Waals surface area contributed by atoms with E-state index < -0.39 is 0 Å². The van der Waals surface area contributed by atoms with Gasteiger partial charge >= 0.3 is 0 Å². The molecule has 1 N–H and O–H groups in total. The number of aromatic nitrogens is 2. The third-order valence-corrected chi connectivity index (χ3v) is 5.32. The molecule has 2 unspecified atom stereocenters. The molecule has 1 aliphatic rings. The van der Waals surface area contributed by atoms with Gasteiger partial charge in [-0.25, -0.2) is 9.37 Å². The maximum Gasteiger partial charge on any atom is 0.123 e. The van der Waals surface area contributed by atoms with Crippen LogP contribution in [0.1, 0.15) is 11.6 Å². The molecule has 2 heterocycles. The number of hydrogen-bond donors (Lipinski definition) is 1. The van der Waals surface area contributed by atoms with Gasteiger partial charge in [-0.1, -0.05) is 12.1 Å². The van der Waals surface area contributed by atoms with E-state index in [1.165, 1.54) is 12.1 Å². The molecule has 6 heteroatoms. The Balaban J connectivity index is 1.77. The van der Waals surface area contributed by atoms with Crippen LogP contribution in [-0.4, -0.2) is 34.8 Å². The molecule has 24 heavy (non-hydrogen) atoms. The predicted molar refractivity (Wildman–Crippen MR) is 95.8 cm³/mol.